The van der Waals surface area contributed by atoms with Gasteiger partial charge in [0.2, 0.25) is 0 Å². The zero-order valence-corrected chi connectivity index (χ0v) is 32.3. The van der Waals surface area contributed by atoms with Crippen molar-refractivity contribution in [3.8, 4) is 28.0 Å². The van der Waals surface area contributed by atoms with Gasteiger partial charge in [0.25, 0.3) is 0 Å². The number of benzene rings is 8. The second kappa shape index (κ2) is 17.1. The van der Waals surface area contributed by atoms with Gasteiger partial charge in [0.1, 0.15) is 28.1 Å². The first-order chi connectivity index (χ1) is 26.5. The zero-order chi connectivity index (χ0) is 37.0. The molecule has 1 N–H and O–H groups in total. The van der Waals surface area contributed by atoms with E-state index >= 15 is 0 Å². The summed E-state index contributed by atoms with van der Waals surface area (Å²) in [7, 11) is 0.694. The first-order valence-electron chi connectivity index (χ1n) is 18.0. The van der Waals surface area contributed by atoms with Crippen LogP contribution in [0.3, 0.4) is 0 Å². The Bertz CT molecular complexity index is 2910. The van der Waals surface area contributed by atoms with Crippen molar-refractivity contribution in [2.45, 2.75) is 19.8 Å². The quantitative estimate of drug-likeness (QED) is 0.140. The van der Waals surface area contributed by atoms with Gasteiger partial charge >= 0.3 is 26.5 Å². The van der Waals surface area contributed by atoms with Gasteiger partial charge in [0.15, 0.2) is 0 Å². The first kappa shape index (κ1) is 38.1. The summed E-state index contributed by atoms with van der Waals surface area (Å²) in [6.45, 7) is 5.72. The minimum absolute atomic E-state index is 0. The maximum Gasteiger partial charge on any atom is 1.00 e. The summed E-state index contributed by atoms with van der Waals surface area (Å²) in [5.74, 6) is 0.610. The molecule has 0 aliphatic rings. The van der Waals surface area contributed by atoms with Crippen molar-refractivity contribution < 1.29 is 37.4 Å². The van der Waals surface area contributed by atoms with E-state index in [0.29, 0.717) is 13.4 Å². The van der Waals surface area contributed by atoms with E-state index in [0.717, 1.165) is 65.9 Å². The van der Waals surface area contributed by atoms with Gasteiger partial charge in [-0.15, -0.1) is 0 Å². The van der Waals surface area contributed by atoms with E-state index < -0.39 is 0 Å². The maximum absolute atomic E-state index is 8.77. The predicted octanol–water partition coefficient (Wildman–Crippen LogP) is 11.1. The van der Waals surface area contributed by atoms with E-state index in [9.17, 15) is 0 Å². The molecule has 0 aliphatic heterocycles. The molecule has 10 rings (SSSR count). The average molecular weight is 774 g/mol. The van der Waals surface area contributed by atoms with Gasteiger partial charge in [0, 0.05) is 26.0 Å². The molecule has 0 saturated carbocycles. The van der Waals surface area contributed by atoms with Crippen molar-refractivity contribution in [3.63, 3.8) is 0 Å². The van der Waals surface area contributed by atoms with Crippen LogP contribution in [0.5, 0.6) is 5.75 Å². The van der Waals surface area contributed by atoms with Gasteiger partial charge in [-0.3, -0.25) is 0 Å². The van der Waals surface area contributed by atoms with Gasteiger partial charge < -0.3 is 25.4 Å². The minimum atomic E-state index is 0. The molecule has 2 aromatic heterocycles. The number of halogens is 1. The van der Waals surface area contributed by atoms with Crippen LogP contribution >= 0.6 is 15.9 Å². The Labute approximate surface area is 341 Å². The summed E-state index contributed by atoms with van der Waals surface area (Å²) >= 11 is 3.53. The Morgan fingerprint density at radius 1 is 0.527 bits per heavy atom. The predicted molar refractivity (Wildman–Crippen MR) is 230 cm³/mol. The van der Waals surface area contributed by atoms with Crippen molar-refractivity contribution in [2.24, 2.45) is 0 Å². The maximum atomic E-state index is 8.77. The third-order valence-electron chi connectivity index (χ3n) is 9.58. The van der Waals surface area contributed by atoms with Crippen molar-refractivity contribution in [1.82, 2.24) is 0 Å². The van der Waals surface area contributed by atoms with E-state index in [1.807, 2.05) is 54.6 Å². The number of hydrogen-bond donors (Lipinski definition) is 1. The molecule has 0 spiro atoms. The molecule has 55 heavy (non-hydrogen) atoms. The molecule has 0 amide bonds. The van der Waals surface area contributed by atoms with Crippen LogP contribution in [-0.2, 0) is 0 Å². The van der Waals surface area contributed by atoms with Gasteiger partial charge in [-0.05, 0) is 117 Å². The minimum Gasteiger partial charge on any atom is -0.537 e. The van der Waals surface area contributed by atoms with Crippen molar-refractivity contribution in [3.05, 3.63) is 169 Å². The molecular weight excluding hydrogens is 738 g/mol. The van der Waals surface area contributed by atoms with Crippen LogP contribution in [0.2, 0.25) is 0 Å². The third-order valence-corrected chi connectivity index (χ3v) is 10.1. The molecule has 0 unspecified atom stereocenters. The molecule has 0 aliphatic carbocycles. The van der Waals surface area contributed by atoms with Crippen molar-refractivity contribution in [2.75, 3.05) is 0 Å². The number of rotatable bonds is 5. The molecule has 10 aromatic rings. The molecule has 4 nitrogen and oxygen atoms in total. The van der Waals surface area contributed by atoms with E-state index in [2.05, 4.69) is 133 Å². The molecule has 0 atom stereocenters. The van der Waals surface area contributed by atoms with E-state index in [-0.39, 0.29) is 18.9 Å². The number of unbranched alkanes of at least 4 members (excludes halogenated alkanes) is 1. The van der Waals surface area contributed by atoms with Crippen molar-refractivity contribution >= 4 is 89.0 Å². The Morgan fingerprint density at radius 3 is 1.47 bits per heavy atom. The fourth-order valence-corrected chi connectivity index (χ4v) is 7.12. The SMILES string of the molecule is Brc1ccc2cc(-c3ccc4oc5ccccc5c4c3)ccc2c1.O[B]Oc1ccc2cc(-c3ccc4oc5ccccc5c4c3)ccc2c1.[CH2-]CCC.[Li+]. The number of furan rings is 2. The second-order valence-electron chi connectivity index (χ2n) is 13.1. The molecule has 0 fully saturated rings. The third kappa shape index (κ3) is 8.10. The second-order valence-corrected chi connectivity index (χ2v) is 14.0. The molecule has 0 bridgehead atoms. The monoisotopic (exact) mass is 773 g/mol. The number of para-hydroxylation sites is 2. The van der Waals surface area contributed by atoms with Crippen LogP contribution in [0.4, 0.5) is 0 Å². The van der Waals surface area contributed by atoms with Crippen LogP contribution < -0.4 is 23.5 Å². The standard InChI is InChI=1S/C22H14BO3.C22H13BrO.C4H9.Li/c24-23-26-18-9-7-15-11-14(5-6-16(15)12-18)17-8-10-22-20(13-17)19-3-1-2-4-21(19)25-22;23-18-9-7-15-11-14(5-6-16(15)12-18)17-8-10-22-20(13-17)19-3-1-2-4-21(19)24-22;1-3-4-2;/h1-13,24H;1-13H;1,3-4H2,2H3;/q;;-1;+1. The molecule has 1 radical (unpaired) electrons. The van der Waals surface area contributed by atoms with Crippen molar-refractivity contribution in [1.29, 1.82) is 0 Å². The Hall–Kier alpha value is -5.22. The van der Waals surface area contributed by atoms with Crippen LogP contribution in [0, 0.1) is 6.92 Å². The summed E-state index contributed by atoms with van der Waals surface area (Å²) in [6.07, 6.45) is 2.28. The molecule has 8 aromatic carbocycles. The average Bonchev–Trinajstić information content (AvgIpc) is 3.78. The Balaban J connectivity index is 0.000000152. The molecular formula is C48H36BBrLiO4. The fraction of sp³-hybridized carbons (Fsp3) is 0.0625. The van der Waals surface area contributed by atoms with Gasteiger partial charge in [-0.2, -0.15) is 6.42 Å². The van der Waals surface area contributed by atoms with E-state index in [4.69, 9.17) is 18.5 Å². The molecule has 0 saturated heterocycles. The fourth-order valence-electron chi connectivity index (χ4n) is 6.74. The molecule has 2 heterocycles. The first-order valence-corrected chi connectivity index (χ1v) is 18.8. The van der Waals surface area contributed by atoms with Gasteiger partial charge in [0.05, 0.1) is 0 Å². The van der Waals surface area contributed by atoms with E-state index in [1.165, 1.54) is 39.1 Å². The normalized spacial score (nSPS) is 10.9. The summed E-state index contributed by atoms with van der Waals surface area (Å²) in [5, 5.41) is 18.0. The molecule has 7 heteroatoms. The van der Waals surface area contributed by atoms with Gasteiger partial charge in [-0.25, -0.2) is 0 Å². The number of fused-ring (bicyclic) bond motifs is 8. The van der Waals surface area contributed by atoms with E-state index in [1.54, 1.807) is 0 Å². The largest absolute Gasteiger partial charge is 1.00 e. The summed E-state index contributed by atoms with van der Waals surface area (Å²) < 4.78 is 18.0. The van der Waals surface area contributed by atoms with Crippen LogP contribution in [0.25, 0.3) is 87.7 Å². The summed E-state index contributed by atoms with van der Waals surface area (Å²) in [6, 6.07) is 54.0. The van der Waals surface area contributed by atoms with Gasteiger partial charge in [-0.1, -0.05) is 114 Å². The Morgan fingerprint density at radius 2 is 0.945 bits per heavy atom. The Kier molecular flexibility index (Phi) is 11.8. The topological polar surface area (TPSA) is 55.7 Å². The molecule has 263 valence electrons. The smallest absolute Gasteiger partial charge is 0.537 e. The summed E-state index contributed by atoms with van der Waals surface area (Å²) in [4.78, 5) is 0. The zero-order valence-electron chi connectivity index (χ0n) is 30.8. The summed E-state index contributed by atoms with van der Waals surface area (Å²) in [5.41, 5.74) is 8.40. The van der Waals surface area contributed by atoms with Crippen LogP contribution in [-0.4, -0.2) is 12.7 Å². The van der Waals surface area contributed by atoms with Crippen LogP contribution in [0.15, 0.2) is 171 Å². The number of hydrogen-bond acceptors (Lipinski definition) is 4. The van der Waals surface area contributed by atoms with Crippen LogP contribution in [0.1, 0.15) is 19.8 Å².